The van der Waals surface area contributed by atoms with Crippen LogP contribution in [-0.2, 0) is 0 Å². The smallest absolute Gasteiger partial charge is 0.0923 e. The van der Waals surface area contributed by atoms with Gasteiger partial charge in [-0.05, 0) is 42.8 Å². The van der Waals surface area contributed by atoms with Gasteiger partial charge in [0.25, 0.3) is 0 Å². The van der Waals surface area contributed by atoms with Crippen molar-refractivity contribution in [3.05, 3.63) is 84.4 Å². The summed E-state index contributed by atoms with van der Waals surface area (Å²) in [5, 5.41) is 2.53. The number of nitrogens with one attached hydrogen (secondary N) is 1. The number of aromatic amines is 1. The molecule has 1 nitrogen and oxygen atoms in total. The van der Waals surface area contributed by atoms with Crippen molar-refractivity contribution in [1.82, 2.24) is 4.98 Å². The van der Waals surface area contributed by atoms with Gasteiger partial charge in [-0.15, -0.1) is 0 Å². The Morgan fingerprint density at radius 1 is 0.667 bits per heavy atom. The summed E-state index contributed by atoms with van der Waals surface area (Å²) in [5.74, 6) is 0. The van der Waals surface area contributed by atoms with E-state index in [-0.39, 0.29) is 0 Å². The second-order valence-electron chi connectivity index (χ2n) is 5.61. The van der Waals surface area contributed by atoms with E-state index < -0.39 is 0 Å². The van der Waals surface area contributed by atoms with Crippen molar-refractivity contribution in [1.29, 1.82) is 0 Å². The molecule has 1 heterocycles. The first-order valence-corrected chi connectivity index (χ1v) is 9.51. The summed E-state index contributed by atoms with van der Waals surface area (Å²) in [4.78, 5) is 7.43. The average Bonchev–Trinajstić information content (AvgIpc) is 2.95. The number of hydrogen-bond donors (Lipinski definition) is 1. The standard InChI is InChI=1S/C21H17NS2/c1-15-9-8-14-18-19(15)20(23-16-10-4-2-5-11-16)21(22-18)24-17-12-6-3-7-13-17/h2-14,22H,1H3. The molecule has 1 N–H and O–H groups in total. The molecule has 0 amide bonds. The lowest BCUT2D eigenvalue weighted by Crippen LogP contribution is -1.79. The third-order valence-corrected chi connectivity index (χ3v) is 6.15. The second-order valence-corrected chi connectivity index (χ2v) is 7.78. The summed E-state index contributed by atoms with van der Waals surface area (Å²) in [5.41, 5.74) is 2.51. The summed E-state index contributed by atoms with van der Waals surface area (Å²) < 4.78 is 0. The first-order valence-electron chi connectivity index (χ1n) is 7.88. The molecule has 4 aromatic rings. The van der Waals surface area contributed by atoms with Gasteiger partial charge in [0.05, 0.1) is 9.92 Å². The van der Waals surface area contributed by atoms with Crippen molar-refractivity contribution < 1.29 is 0 Å². The normalized spacial score (nSPS) is 11.0. The van der Waals surface area contributed by atoms with Gasteiger partial charge in [-0.2, -0.15) is 0 Å². The number of hydrogen-bond acceptors (Lipinski definition) is 2. The molecular formula is C21H17NS2. The summed E-state index contributed by atoms with van der Waals surface area (Å²) in [6.45, 7) is 2.18. The molecule has 0 unspecified atom stereocenters. The molecule has 0 fully saturated rings. The van der Waals surface area contributed by atoms with Gasteiger partial charge in [-0.3, -0.25) is 0 Å². The van der Waals surface area contributed by atoms with Crippen LogP contribution < -0.4 is 0 Å². The van der Waals surface area contributed by atoms with Crippen LogP contribution in [0.1, 0.15) is 5.56 Å². The van der Waals surface area contributed by atoms with Gasteiger partial charge in [0, 0.05) is 20.7 Å². The molecule has 1 aromatic heterocycles. The first-order chi connectivity index (χ1) is 11.8. The van der Waals surface area contributed by atoms with E-state index in [2.05, 4.69) is 90.8 Å². The monoisotopic (exact) mass is 347 g/mol. The minimum absolute atomic E-state index is 1.20. The first kappa shape index (κ1) is 15.4. The molecule has 0 bridgehead atoms. The van der Waals surface area contributed by atoms with Crippen molar-refractivity contribution in [3.8, 4) is 0 Å². The number of aryl methyl sites for hydroxylation is 1. The van der Waals surface area contributed by atoms with Crippen molar-refractivity contribution in [2.24, 2.45) is 0 Å². The quantitative estimate of drug-likeness (QED) is 0.438. The highest BCUT2D eigenvalue weighted by atomic mass is 32.2. The van der Waals surface area contributed by atoms with Crippen molar-refractivity contribution in [3.63, 3.8) is 0 Å². The van der Waals surface area contributed by atoms with Crippen LogP contribution in [-0.4, -0.2) is 4.98 Å². The van der Waals surface area contributed by atoms with Crippen molar-refractivity contribution >= 4 is 34.4 Å². The molecule has 118 valence electrons. The Bertz CT molecular complexity index is 959. The van der Waals surface area contributed by atoms with Gasteiger partial charge in [0.2, 0.25) is 0 Å². The number of H-pyrrole nitrogens is 1. The molecule has 3 heteroatoms. The highest BCUT2D eigenvalue weighted by molar-refractivity contribution is 8.02. The van der Waals surface area contributed by atoms with Gasteiger partial charge in [-0.25, -0.2) is 0 Å². The molecule has 24 heavy (non-hydrogen) atoms. The van der Waals surface area contributed by atoms with Crippen LogP contribution in [0.15, 0.2) is 98.6 Å². The minimum atomic E-state index is 1.20. The molecule has 0 aliphatic carbocycles. The van der Waals surface area contributed by atoms with Gasteiger partial charge in [0.15, 0.2) is 0 Å². The average molecular weight is 348 g/mol. The Morgan fingerprint density at radius 2 is 1.29 bits per heavy atom. The van der Waals surface area contributed by atoms with Crippen LogP contribution in [0.25, 0.3) is 10.9 Å². The van der Waals surface area contributed by atoms with Crippen LogP contribution in [0, 0.1) is 6.92 Å². The minimum Gasteiger partial charge on any atom is -0.348 e. The molecule has 0 aliphatic heterocycles. The van der Waals surface area contributed by atoms with Crippen LogP contribution >= 0.6 is 23.5 Å². The number of benzene rings is 3. The molecule has 0 radical (unpaired) electrons. The fourth-order valence-corrected chi connectivity index (χ4v) is 4.93. The van der Waals surface area contributed by atoms with E-state index in [9.17, 15) is 0 Å². The highest BCUT2D eigenvalue weighted by Gasteiger charge is 2.15. The fourth-order valence-electron chi connectivity index (χ4n) is 2.75. The largest absolute Gasteiger partial charge is 0.348 e. The Labute approximate surface area is 150 Å². The third-order valence-electron chi connectivity index (χ3n) is 3.88. The molecule has 4 rings (SSSR count). The van der Waals surface area contributed by atoms with Gasteiger partial charge >= 0.3 is 0 Å². The van der Waals surface area contributed by atoms with Gasteiger partial charge in [0.1, 0.15) is 0 Å². The number of rotatable bonds is 4. The molecular weight excluding hydrogens is 330 g/mol. The molecule has 0 spiro atoms. The zero-order valence-electron chi connectivity index (χ0n) is 13.3. The zero-order chi connectivity index (χ0) is 16.4. The van der Waals surface area contributed by atoms with E-state index in [1.165, 1.54) is 36.2 Å². The lowest BCUT2D eigenvalue weighted by molar-refractivity contribution is 1.14. The summed E-state index contributed by atoms with van der Waals surface area (Å²) in [6, 6.07) is 27.6. The predicted octanol–water partition coefficient (Wildman–Crippen LogP) is 6.78. The molecule has 3 aromatic carbocycles. The third kappa shape index (κ3) is 3.10. The molecule has 0 atom stereocenters. The van der Waals surface area contributed by atoms with Gasteiger partial charge in [-0.1, -0.05) is 72.1 Å². The van der Waals surface area contributed by atoms with Crippen molar-refractivity contribution in [2.75, 3.05) is 0 Å². The topological polar surface area (TPSA) is 15.8 Å². The zero-order valence-corrected chi connectivity index (χ0v) is 15.0. The maximum atomic E-state index is 3.62. The van der Waals surface area contributed by atoms with Crippen molar-refractivity contribution in [2.45, 2.75) is 26.6 Å². The Hall–Kier alpha value is -2.10. The SMILES string of the molecule is Cc1cccc2[nH]c(Sc3ccccc3)c(Sc3ccccc3)c12. The van der Waals surface area contributed by atoms with Crippen LogP contribution in [0.2, 0.25) is 0 Å². The maximum absolute atomic E-state index is 3.62. The fraction of sp³-hybridized carbons (Fsp3) is 0.0476. The Morgan fingerprint density at radius 3 is 1.96 bits per heavy atom. The highest BCUT2D eigenvalue weighted by Crippen LogP contribution is 2.43. The van der Waals surface area contributed by atoms with E-state index in [1.54, 1.807) is 11.8 Å². The Kier molecular flexibility index (Phi) is 4.37. The number of fused-ring (bicyclic) bond motifs is 1. The van der Waals surface area contributed by atoms with Crippen LogP contribution in [0.5, 0.6) is 0 Å². The predicted molar refractivity (Wildman–Crippen MR) is 104 cm³/mol. The van der Waals surface area contributed by atoms with E-state index >= 15 is 0 Å². The number of aromatic nitrogens is 1. The lowest BCUT2D eigenvalue weighted by Gasteiger charge is -2.06. The van der Waals surface area contributed by atoms with Gasteiger partial charge < -0.3 is 4.98 Å². The van der Waals surface area contributed by atoms with E-state index in [0.717, 1.165) is 0 Å². The summed E-state index contributed by atoms with van der Waals surface area (Å²) >= 11 is 3.62. The van der Waals surface area contributed by atoms with E-state index in [4.69, 9.17) is 0 Å². The van der Waals surface area contributed by atoms with E-state index in [0.29, 0.717) is 0 Å². The lowest BCUT2D eigenvalue weighted by atomic mass is 10.1. The molecule has 0 saturated heterocycles. The summed E-state index contributed by atoms with van der Waals surface area (Å²) in [7, 11) is 0. The molecule has 0 aliphatic rings. The van der Waals surface area contributed by atoms with Crippen LogP contribution in [0.4, 0.5) is 0 Å². The second kappa shape index (κ2) is 6.80. The van der Waals surface area contributed by atoms with Crippen LogP contribution in [0.3, 0.4) is 0 Å². The Balaban J connectivity index is 1.83. The summed E-state index contributed by atoms with van der Waals surface area (Å²) in [6.07, 6.45) is 0. The molecule has 0 saturated carbocycles. The maximum Gasteiger partial charge on any atom is 0.0923 e. The van der Waals surface area contributed by atoms with E-state index in [1.807, 2.05) is 11.8 Å².